The van der Waals surface area contributed by atoms with Gasteiger partial charge in [0, 0.05) is 5.56 Å². The molecule has 0 radical (unpaired) electrons. The summed E-state index contributed by atoms with van der Waals surface area (Å²) < 4.78 is 5.85. The Morgan fingerprint density at radius 3 is 2.57 bits per heavy atom. The number of nitrogen functional groups attached to an aromatic ring is 1. The molecule has 4 N–H and O–H groups in total. The molecule has 0 saturated heterocycles. The third kappa shape index (κ3) is 3.88. The number of hydrogen-bond acceptors (Lipinski definition) is 5. The summed E-state index contributed by atoms with van der Waals surface area (Å²) in [7, 11) is 0. The number of pyridine rings is 1. The van der Waals surface area contributed by atoms with Crippen LogP contribution in [0.1, 0.15) is 33.3 Å². The second-order valence-corrected chi connectivity index (χ2v) is 6.49. The third-order valence-electron chi connectivity index (χ3n) is 4.31. The van der Waals surface area contributed by atoms with Crippen LogP contribution >= 0.6 is 0 Å². The first-order valence-corrected chi connectivity index (χ1v) is 8.79. The minimum Gasteiger partial charge on any atom is -0.491 e. The molecule has 3 aromatic rings. The molecule has 1 aromatic heterocycles. The molecule has 2 aromatic carbocycles. The van der Waals surface area contributed by atoms with Gasteiger partial charge in [-0.3, -0.25) is 9.78 Å². The van der Waals surface area contributed by atoms with Gasteiger partial charge in [0.05, 0.1) is 28.3 Å². The maximum Gasteiger partial charge on any atom is 0.339 e. The first-order valence-electron chi connectivity index (χ1n) is 8.79. The van der Waals surface area contributed by atoms with Crippen molar-refractivity contribution in [1.82, 2.24) is 10.3 Å². The van der Waals surface area contributed by atoms with Crippen molar-refractivity contribution in [2.45, 2.75) is 19.9 Å². The van der Waals surface area contributed by atoms with Crippen molar-refractivity contribution in [1.29, 1.82) is 0 Å². The van der Waals surface area contributed by atoms with Gasteiger partial charge in [0.25, 0.3) is 5.91 Å². The van der Waals surface area contributed by atoms with Crippen LogP contribution in [0.3, 0.4) is 0 Å². The van der Waals surface area contributed by atoms with Crippen molar-refractivity contribution in [3.05, 3.63) is 65.4 Å². The van der Waals surface area contributed by atoms with Crippen molar-refractivity contribution in [2.24, 2.45) is 0 Å². The molecule has 1 atom stereocenters. The molecule has 0 bridgehead atoms. The van der Waals surface area contributed by atoms with Crippen molar-refractivity contribution < 1.29 is 19.4 Å². The second kappa shape index (κ2) is 7.96. The van der Waals surface area contributed by atoms with Crippen LogP contribution in [-0.2, 0) is 0 Å². The average Bonchev–Trinajstić information content (AvgIpc) is 2.66. The van der Waals surface area contributed by atoms with E-state index in [9.17, 15) is 14.7 Å². The van der Waals surface area contributed by atoms with Gasteiger partial charge in [-0.2, -0.15) is 0 Å². The Bertz CT molecular complexity index is 1030. The van der Waals surface area contributed by atoms with E-state index in [1.54, 1.807) is 49.4 Å². The molecule has 0 aliphatic rings. The van der Waals surface area contributed by atoms with Gasteiger partial charge in [-0.25, -0.2) is 4.79 Å². The van der Waals surface area contributed by atoms with E-state index in [4.69, 9.17) is 10.5 Å². The summed E-state index contributed by atoms with van der Waals surface area (Å²) >= 11 is 0. The Kier molecular flexibility index (Phi) is 5.44. The number of carbonyl (C=O) groups excluding carboxylic acids is 1. The van der Waals surface area contributed by atoms with Crippen LogP contribution in [0.25, 0.3) is 10.9 Å². The van der Waals surface area contributed by atoms with Gasteiger partial charge in [-0.15, -0.1) is 0 Å². The Labute approximate surface area is 162 Å². The Balaban J connectivity index is 1.80. The van der Waals surface area contributed by atoms with Crippen LogP contribution in [0.2, 0.25) is 0 Å². The molecule has 1 unspecified atom stereocenters. The van der Waals surface area contributed by atoms with E-state index in [0.717, 1.165) is 0 Å². The van der Waals surface area contributed by atoms with E-state index in [1.165, 1.54) is 0 Å². The van der Waals surface area contributed by atoms with E-state index in [2.05, 4.69) is 10.3 Å². The molecule has 0 saturated carbocycles. The maximum atomic E-state index is 12.2. The standard InChI is InChI=1S/C21H21N3O4/c1-12(23-20(25)14-7-4-3-5-8-14)11-28-16-10-6-9-15-18(16)19(22)17(21(26)27)13(2)24-15/h3-10,12H,11H2,1-2H3,(H2,22,24)(H,23,25)(H,26,27). The molecule has 0 spiro atoms. The molecular weight excluding hydrogens is 358 g/mol. The van der Waals surface area contributed by atoms with Gasteiger partial charge in [-0.1, -0.05) is 24.3 Å². The topological polar surface area (TPSA) is 115 Å². The predicted molar refractivity (Wildman–Crippen MR) is 107 cm³/mol. The van der Waals surface area contributed by atoms with Crippen molar-refractivity contribution in [3.8, 4) is 5.75 Å². The number of aryl methyl sites for hydroxylation is 1. The molecule has 144 valence electrons. The highest BCUT2D eigenvalue weighted by Gasteiger charge is 2.19. The number of carbonyl (C=O) groups is 2. The van der Waals surface area contributed by atoms with Crippen molar-refractivity contribution >= 4 is 28.5 Å². The number of nitrogens with two attached hydrogens (primary N) is 1. The van der Waals surface area contributed by atoms with Crippen LogP contribution in [0.4, 0.5) is 5.69 Å². The van der Waals surface area contributed by atoms with Gasteiger partial charge in [0.1, 0.15) is 17.9 Å². The Hall–Kier alpha value is -3.61. The number of ether oxygens (including phenoxy) is 1. The van der Waals surface area contributed by atoms with Crippen LogP contribution in [0.5, 0.6) is 5.75 Å². The summed E-state index contributed by atoms with van der Waals surface area (Å²) in [6, 6.07) is 13.8. The Morgan fingerprint density at radius 2 is 1.89 bits per heavy atom. The average molecular weight is 379 g/mol. The molecule has 3 rings (SSSR count). The number of nitrogens with zero attached hydrogens (tertiary/aromatic N) is 1. The quantitative estimate of drug-likeness (QED) is 0.606. The highest BCUT2D eigenvalue weighted by molar-refractivity contribution is 6.06. The van der Waals surface area contributed by atoms with Gasteiger partial charge in [-0.05, 0) is 38.1 Å². The third-order valence-corrected chi connectivity index (χ3v) is 4.31. The molecule has 0 fully saturated rings. The molecule has 1 amide bonds. The van der Waals surface area contributed by atoms with Crippen LogP contribution < -0.4 is 15.8 Å². The smallest absolute Gasteiger partial charge is 0.339 e. The monoisotopic (exact) mass is 379 g/mol. The number of amides is 1. The van der Waals surface area contributed by atoms with Crippen molar-refractivity contribution in [3.63, 3.8) is 0 Å². The first-order chi connectivity index (χ1) is 13.4. The van der Waals surface area contributed by atoms with E-state index >= 15 is 0 Å². The number of fused-ring (bicyclic) bond motifs is 1. The van der Waals surface area contributed by atoms with Crippen molar-refractivity contribution in [2.75, 3.05) is 12.3 Å². The lowest BCUT2D eigenvalue weighted by Gasteiger charge is -2.17. The van der Waals surface area contributed by atoms with Crippen LogP contribution in [0, 0.1) is 6.92 Å². The predicted octanol–water partition coefficient (Wildman–Crippen LogP) is 3.02. The molecule has 7 heteroatoms. The summed E-state index contributed by atoms with van der Waals surface area (Å²) in [6.07, 6.45) is 0. The fourth-order valence-corrected chi connectivity index (χ4v) is 2.98. The largest absolute Gasteiger partial charge is 0.491 e. The molecular formula is C21H21N3O4. The molecule has 0 aliphatic heterocycles. The van der Waals surface area contributed by atoms with Gasteiger partial charge in [0.15, 0.2) is 0 Å². The van der Waals surface area contributed by atoms with Gasteiger partial charge < -0.3 is 20.9 Å². The number of nitrogens with one attached hydrogen (secondary N) is 1. The van der Waals surface area contributed by atoms with E-state index in [-0.39, 0.29) is 29.8 Å². The zero-order valence-corrected chi connectivity index (χ0v) is 15.6. The summed E-state index contributed by atoms with van der Waals surface area (Å²) in [5.74, 6) is -0.909. The lowest BCUT2D eigenvalue weighted by atomic mass is 10.1. The fourth-order valence-electron chi connectivity index (χ4n) is 2.98. The second-order valence-electron chi connectivity index (χ2n) is 6.49. The zero-order valence-electron chi connectivity index (χ0n) is 15.6. The number of carboxylic acid groups (broad SMARTS) is 1. The minimum atomic E-state index is -1.14. The number of aromatic nitrogens is 1. The summed E-state index contributed by atoms with van der Waals surface area (Å²) in [5.41, 5.74) is 7.66. The summed E-state index contributed by atoms with van der Waals surface area (Å²) in [4.78, 5) is 28.1. The van der Waals surface area contributed by atoms with Gasteiger partial charge in [0.2, 0.25) is 0 Å². The number of anilines is 1. The molecule has 28 heavy (non-hydrogen) atoms. The van der Waals surface area contributed by atoms with Crippen LogP contribution in [-0.4, -0.2) is 34.6 Å². The number of hydrogen-bond donors (Lipinski definition) is 3. The number of benzene rings is 2. The maximum absolute atomic E-state index is 12.2. The zero-order chi connectivity index (χ0) is 20.3. The first kappa shape index (κ1) is 19.2. The van der Waals surface area contributed by atoms with E-state index in [0.29, 0.717) is 27.9 Å². The van der Waals surface area contributed by atoms with Crippen LogP contribution in [0.15, 0.2) is 48.5 Å². The number of aromatic carboxylic acids is 1. The molecule has 1 heterocycles. The lowest BCUT2D eigenvalue weighted by molar-refractivity contribution is 0.0696. The van der Waals surface area contributed by atoms with E-state index in [1.807, 2.05) is 13.0 Å². The number of rotatable bonds is 6. The Morgan fingerprint density at radius 1 is 1.18 bits per heavy atom. The minimum absolute atomic E-state index is 0.0334. The SMILES string of the molecule is Cc1nc2cccc(OCC(C)NC(=O)c3ccccc3)c2c(N)c1C(=O)O. The number of carboxylic acids is 1. The molecule has 7 nitrogen and oxygen atoms in total. The summed E-state index contributed by atoms with van der Waals surface area (Å²) in [6.45, 7) is 3.61. The van der Waals surface area contributed by atoms with Gasteiger partial charge >= 0.3 is 5.97 Å². The lowest BCUT2D eigenvalue weighted by Crippen LogP contribution is -2.36. The highest BCUT2D eigenvalue weighted by Crippen LogP contribution is 2.33. The van der Waals surface area contributed by atoms with E-state index < -0.39 is 5.97 Å². The summed E-state index contributed by atoms with van der Waals surface area (Å²) in [5, 5.41) is 12.7. The molecule has 0 aliphatic carbocycles. The highest BCUT2D eigenvalue weighted by atomic mass is 16.5. The fraction of sp³-hybridized carbons (Fsp3) is 0.190. The normalized spacial score (nSPS) is 11.8.